The van der Waals surface area contributed by atoms with E-state index >= 15 is 0 Å². The number of sulfonamides is 1. The number of carboxylic acid groups (broad SMARTS) is 1. The largest absolute Gasteiger partial charge is 0.481 e. The van der Waals surface area contributed by atoms with Crippen molar-refractivity contribution in [3.63, 3.8) is 0 Å². The normalized spacial score (nSPS) is 12.0. The Labute approximate surface area is 261 Å². The predicted octanol–water partition coefficient (Wildman–Crippen LogP) is 4.84. The van der Waals surface area contributed by atoms with Gasteiger partial charge in [0.1, 0.15) is 5.69 Å². The molecule has 0 unspecified atom stereocenters. The summed E-state index contributed by atoms with van der Waals surface area (Å²) < 4.78 is 29.2. The molecule has 0 saturated carbocycles. The molecule has 0 aliphatic carbocycles. The maximum Gasteiger partial charge on any atom is 0.305 e. The Morgan fingerprint density at radius 2 is 1.68 bits per heavy atom. The summed E-state index contributed by atoms with van der Waals surface area (Å²) in [6.07, 6.45) is 1.47. The Hall–Kier alpha value is -4.48. The number of rotatable bonds is 13. The maximum atomic E-state index is 13.2. The minimum atomic E-state index is -4.04. The summed E-state index contributed by atoms with van der Waals surface area (Å²) in [7, 11) is -4.04. The van der Waals surface area contributed by atoms with Gasteiger partial charge in [0.15, 0.2) is 0 Å². The molecular formula is C32H33ClN4O6S. The van der Waals surface area contributed by atoms with Gasteiger partial charge in [0, 0.05) is 29.2 Å². The highest BCUT2D eigenvalue weighted by molar-refractivity contribution is 7.90. The van der Waals surface area contributed by atoms with Gasteiger partial charge >= 0.3 is 5.97 Å². The first-order chi connectivity index (χ1) is 21.0. The fraction of sp³-hybridized carbons (Fsp3) is 0.250. The molecule has 4 aromatic rings. The van der Waals surface area contributed by atoms with Crippen LogP contribution in [0.5, 0.6) is 0 Å². The van der Waals surface area contributed by atoms with Gasteiger partial charge < -0.3 is 10.4 Å². The van der Waals surface area contributed by atoms with E-state index in [0.717, 1.165) is 30.2 Å². The molecule has 0 aliphatic heterocycles. The highest BCUT2D eigenvalue weighted by Crippen LogP contribution is 2.28. The number of hydrogen-bond donors (Lipinski definition) is 3. The molecule has 1 atom stereocenters. The standard InChI is InChI=1S/C32H33ClN4O6S/c1-3-8-26-19-29(32(41)34-25(18-31(39)40)17-24-9-4-6-11-28(24)33)35-37(26)20-22-13-15-23(16-14-22)27-10-5-7-12-30(27)44(42,43)36-21(2)38/h4-7,9-16,19,25H,3,8,17-18,20H2,1-2H3,(H,34,41)(H,36,38)(H,39,40)/t25-/m1/s1. The van der Waals surface area contributed by atoms with E-state index in [-0.39, 0.29) is 23.4 Å². The summed E-state index contributed by atoms with van der Waals surface area (Å²) in [5.74, 6) is -2.20. The summed E-state index contributed by atoms with van der Waals surface area (Å²) >= 11 is 6.27. The van der Waals surface area contributed by atoms with Crippen molar-refractivity contribution in [2.45, 2.75) is 57.0 Å². The van der Waals surface area contributed by atoms with Gasteiger partial charge in [-0.1, -0.05) is 85.6 Å². The van der Waals surface area contributed by atoms with Crippen LogP contribution < -0.4 is 10.0 Å². The Kier molecular flexibility index (Phi) is 10.6. The fourth-order valence-electron chi connectivity index (χ4n) is 4.88. The van der Waals surface area contributed by atoms with Gasteiger partial charge in [0.2, 0.25) is 5.91 Å². The van der Waals surface area contributed by atoms with Gasteiger partial charge in [-0.25, -0.2) is 13.1 Å². The number of benzene rings is 3. The Balaban J connectivity index is 1.54. The number of aryl methyl sites for hydroxylation is 1. The van der Waals surface area contributed by atoms with Crippen LogP contribution >= 0.6 is 11.6 Å². The molecule has 12 heteroatoms. The third kappa shape index (κ3) is 8.33. The van der Waals surface area contributed by atoms with Crippen molar-refractivity contribution in [3.8, 4) is 11.1 Å². The molecule has 3 N–H and O–H groups in total. The Morgan fingerprint density at radius 1 is 1.00 bits per heavy atom. The molecule has 3 aromatic carbocycles. The second-order valence-electron chi connectivity index (χ2n) is 10.3. The van der Waals surface area contributed by atoms with Crippen molar-refractivity contribution in [1.29, 1.82) is 0 Å². The van der Waals surface area contributed by atoms with Gasteiger partial charge in [0.25, 0.3) is 15.9 Å². The number of carboxylic acids is 1. The van der Waals surface area contributed by atoms with Crippen molar-refractivity contribution in [1.82, 2.24) is 19.8 Å². The van der Waals surface area contributed by atoms with Crippen molar-refractivity contribution in [3.05, 3.63) is 106 Å². The lowest BCUT2D eigenvalue weighted by Gasteiger charge is -2.17. The molecule has 44 heavy (non-hydrogen) atoms. The lowest BCUT2D eigenvalue weighted by Crippen LogP contribution is -2.38. The molecule has 0 saturated heterocycles. The second-order valence-corrected chi connectivity index (χ2v) is 12.4. The van der Waals surface area contributed by atoms with Gasteiger partial charge in [0.05, 0.1) is 17.9 Å². The van der Waals surface area contributed by atoms with Crippen LogP contribution in [0.15, 0.2) is 83.8 Å². The molecule has 230 valence electrons. The third-order valence-corrected chi connectivity index (χ3v) is 8.69. The first-order valence-corrected chi connectivity index (χ1v) is 15.9. The Bertz CT molecular complexity index is 1770. The smallest absolute Gasteiger partial charge is 0.305 e. The van der Waals surface area contributed by atoms with Crippen molar-refractivity contribution < 1.29 is 27.9 Å². The fourth-order valence-corrected chi connectivity index (χ4v) is 6.32. The van der Waals surface area contributed by atoms with Gasteiger partial charge in [-0.2, -0.15) is 5.10 Å². The third-order valence-electron chi connectivity index (χ3n) is 6.83. The molecule has 0 aliphatic rings. The highest BCUT2D eigenvalue weighted by atomic mass is 35.5. The molecule has 0 spiro atoms. The minimum Gasteiger partial charge on any atom is -0.481 e. The lowest BCUT2D eigenvalue weighted by molar-refractivity contribution is -0.137. The summed E-state index contributed by atoms with van der Waals surface area (Å²) in [5.41, 5.74) is 3.72. The average molecular weight is 637 g/mol. The van der Waals surface area contributed by atoms with Crippen LogP contribution in [0.2, 0.25) is 5.02 Å². The zero-order valence-electron chi connectivity index (χ0n) is 24.3. The van der Waals surface area contributed by atoms with Crippen molar-refractivity contribution >= 4 is 39.4 Å². The van der Waals surface area contributed by atoms with Crippen LogP contribution in [0.4, 0.5) is 0 Å². The highest BCUT2D eigenvalue weighted by Gasteiger charge is 2.22. The zero-order chi connectivity index (χ0) is 31.9. The van der Waals surface area contributed by atoms with E-state index in [9.17, 15) is 27.9 Å². The van der Waals surface area contributed by atoms with E-state index in [4.69, 9.17) is 11.6 Å². The van der Waals surface area contributed by atoms with E-state index in [1.807, 2.05) is 23.8 Å². The summed E-state index contributed by atoms with van der Waals surface area (Å²) in [5, 5.41) is 17.3. The number of hydrogen-bond acceptors (Lipinski definition) is 6. The topological polar surface area (TPSA) is 147 Å². The van der Waals surface area contributed by atoms with Crippen LogP contribution in [0, 0.1) is 0 Å². The van der Waals surface area contributed by atoms with Crippen LogP contribution in [-0.4, -0.2) is 47.1 Å². The number of carbonyl (C=O) groups excluding carboxylic acids is 2. The minimum absolute atomic E-state index is 0.00773. The number of nitrogens with one attached hydrogen (secondary N) is 2. The van der Waals surface area contributed by atoms with E-state index in [0.29, 0.717) is 29.1 Å². The van der Waals surface area contributed by atoms with Gasteiger partial charge in [-0.15, -0.1) is 0 Å². The zero-order valence-corrected chi connectivity index (χ0v) is 25.9. The maximum absolute atomic E-state index is 13.2. The quantitative estimate of drug-likeness (QED) is 0.190. The summed E-state index contributed by atoms with van der Waals surface area (Å²) in [6, 6.07) is 21.8. The summed E-state index contributed by atoms with van der Waals surface area (Å²) in [6.45, 7) is 3.51. The molecule has 4 rings (SSSR count). The molecule has 1 heterocycles. The number of aromatic nitrogens is 2. The van der Waals surface area contributed by atoms with Crippen molar-refractivity contribution in [2.75, 3.05) is 0 Å². The Morgan fingerprint density at radius 3 is 2.34 bits per heavy atom. The predicted molar refractivity (Wildman–Crippen MR) is 167 cm³/mol. The number of aliphatic carboxylic acids is 1. The van der Waals surface area contributed by atoms with E-state index in [2.05, 4.69) is 10.4 Å². The molecule has 1 aromatic heterocycles. The molecule has 2 amide bonds. The molecule has 10 nitrogen and oxygen atoms in total. The average Bonchev–Trinajstić information content (AvgIpc) is 3.36. The number of halogens is 1. The monoisotopic (exact) mass is 636 g/mol. The van der Waals surface area contributed by atoms with Gasteiger partial charge in [-0.05, 0) is 47.7 Å². The van der Waals surface area contributed by atoms with Crippen LogP contribution in [0.1, 0.15) is 54.0 Å². The van der Waals surface area contributed by atoms with E-state index < -0.39 is 33.8 Å². The van der Waals surface area contributed by atoms with Crippen LogP contribution in [0.25, 0.3) is 11.1 Å². The molecular weight excluding hydrogens is 604 g/mol. The number of carbonyl (C=O) groups is 3. The van der Waals surface area contributed by atoms with Crippen LogP contribution in [0.3, 0.4) is 0 Å². The second kappa shape index (κ2) is 14.3. The number of nitrogens with zero attached hydrogens (tertiary/aromatic N) is 2. The lowest BCUT2D eigenvalue weighted by atomic mass is 10.0. The van der Waals surface area contributed by atoms with Crippen molar-refractivity contribution in [2.24, 2.45) is 0 Å². The van der Waals surface area contributed by atoms with E-state index in [1.165, 1.54) is 6.07 Å². The summed E-state index contributed by atoms with van der Waals surface area (Å²) in [4.78, 5) is 36.2. The SMILES string of the molecule is CCCc1cc(C(=O)N[C@@H](CC(=O)O)Cc2ccccc2Cl)nn1Cc1ccc(-c2ccccc2S(=O)(=O)NC(C)=O)cc1. The molecule has 0 bridgehead atoms. The van der Waals surface area contributed by atoms with Crippen LogP contribution in [-0.2, 0) is 39.0 Å². The first-order valence-electron chi connectivity index (χ1n) is 14.0. The number of amides is 2. The van der Waals surface area contributed by atoms with E-state index in [1.54, 1.807) is 65.3 Å². The molecule has 0 fully saturated rings. The molecule has 0 radical (unpaired) electrons. The van der Waals surface area contributed by atoms with Gasteiger partial charge in [-0.3, -0.25) is 19.1 Å². The first kappa shape index (κ1) is 32.4.